The van der Waals surface area contributed by atoms with Crippen LogP contribution in [0.1, 0.15) is 33.1 Å². The van der Waals surface area contributed by atoms with Gasteiger partial charge in [-0.25, -0.2) is 0 Å². The van der Waals surface area contributed by atoms with Crippen LogP contribution in [0.3, 0.4) is 0 Å². The largest absolute Gasteiger partial charge is 0.465 e. The van der Waals surface area contributed by atoms with Crippen LogP contribution in [0, 0.1) is 0 Å². The highest BCUT2D eigenvalue weighted by Crippen LogP contribution is 2.13. The van der Waals surface area contributed by atoms with E-state index in [0.717, 1.165) is 4.90 Å². The molecule has 1 aliphatic heterocycles. The molecule has 6 nitrogen and oxygen atoms in total. The first-order valence-corrected chi connectivity index (χ1v) is 6.24. The standard InChI is InChI=1S/C12H20N2O4/c1-4-8(12(17)18-5-2)13-9-6-7-10(15)14(3)11(9)16/h8-9,13H,4-7H2,1-3H3. The summed E-state index contributed by atoms with van der Waals surface area (Å²) < 4.78 is 4.93. The van der Waals surface area contributed by atoms with Gasteiger partial charge in [-0.3, -0.25) is 24.6 Å². The first kappa shape index (κ1) is 14.6. The fraction of sp³-hybridized carbons (Fsp3) is 0.750. The summed E-state index contributed by atoms with van der Waals surface area (Å²) in [6.07, 6.45) is 1.29. The van der Waals surface area contributed by atoms with Crippen LogP contribution in [0.15, 0.2) is 0 Å². The minimum absolute atomic E-state index is 0.178. The predicted octanol–water partition coefficient (Wildman–Crippen LogP) is 0.0651. The van der Waals surface area contributed by atoms with Crippen LogP contribution in [0.25, 0.3) is 0 Å². The zero-order valence-corrected chi connectivity index (χ0v) is 11.1. The lowest BCUT2D eigenvalue weighted by molar-refractivity contribution is -0.149. The second-order valence-electron chi connectivity index (χ2n) is 4.26. The number of hydrogen-bond acceptors (Lipinski definition) is 5. The Hall–Kier alpha value is -1.43. The molecule has 0 radical (unpaired) electrons. The van der Waals surface area contributed by atoms with Gasteiger partial charge in [-0.2, -0.15) is 0 Å². The lowest BCUT2D eigenvalue weighted by Crippen LogP contribution is -2.55. The van der Waals surface area contributed by atoms with Crippen molar-refractivity contribution in [3.8, 4) is 0 Å². The zero-order chi connectivity index (χ0) is 13.7. The van der Waals surface area contributed by atoms with Crippen LogP contribution in [0.5, 0.6) is 0 Å². The Morgan fingerprint density at radius 2 is 2.17 bits per heavy atom. The third-order valence-electron chi connectivity index (χ3n) is 3.03. The second-order valence-corrected chi connectivity index (χ2v) is 4.26. The van der Waals surface area contributed by atoms with Crippen molar-refractivity contribution in [1.82, 2.24) is 10.2 Å². The van der Waals surface area contributed by atoms with E-state index >= 15 is 0 Å². The summed E-state index contributed by atoms with van der Waals surface area (Å²) in [5.74, 6) is -0.816. The third kappa shape index (κ3) is 3.29. The van der Waals surface area contributed by atoms with Crippen molar-refractivity contribution in [3.05, 3.63) is 0 Å². The Morgan fingerprint density at radius 1 is 1.50 bits per heavy atom. The Labute approximate surface area is 107 Å². The van der Waals surface area contributed by atoms with E-state index in [-0.39, 0.29) is 17.8 Å². The van der Waals surface area contributed by atoms with Crippen molar-refractivity contribution in [2.45, 2.75) is 45.2 Å². The van der Waals surface area contributed by atoms with E-state index in [2.05, 4.69) is 5.32 Å². The predicted molar refractivity (Wildman–Crippen MR) is 64.6 cm³/mol. The van der Waals surface area contributed by atoms with Gasteiger partial charge in [-0.15, -0.1) is 0 Å². The average molecular weight is 256 g/mol. The number of likely N-dealkylation sites (tertiary alicyclic amines) is 1. The van der Waals surface area contributed by atoms with Crippen molar-refractivity contribution >= 4 is 17.8 Å². The van der Waals surface area contributed by atoms with E-state index in [1.807, 2.05) is 6.92 Å². The fourth-order valence-electron chi connectivity index (χ4n) is 1.91. The molecule has 1 N–H and O–H groups in total. The van der Waals surface area contributed by atoms with E-state index in [1.54, 1.807) is 6.92 Å². The quantitative estimate of drug-likeness (QED) is 0.556. The Bertz CT molecular complexity index is 343. The number of esters is 1. The molecular weight excluding hydrogens is 236 g/mol. The summed E-state index contributed by atoms with van der Waals surface area (Å²) >= 11 is 0. The third-order valence-corrected chi connectivity index (χ3v) is 3.03. The van der Waals surface area contributed by atoms with Gasteiger partial charge in [0, 0.05) is 13.5 Å². The molecule has 0 aliphatic carbocycles. The SMILES string of the molecule is CCOC(=O)C(CC)NC1CCC(=O)N(C)C1=O. The first-order valence-electron chi connectivity index (χ1n) is 6.24. The molecular formula is C12H20N2O4. The van der Waals surface area contributed by atoms with Gasteiger partial charge >= 0.3 is 5.97 Å². The van der Waals surface area contributed by atoms with Crippen LogP contribution >= 0.6 is 0 Å². The number of hydrogen-bond donors (Lipinski definition) is 1. The van der Waals surface area contributed by atoms with Gasteiger partial charge in [0.15, 0.2) is 0 Å². The number of rotatable bonds is 5. The van der Waals surface area contributed by atoms with Crippen molar-refractivity contribution < 1.29 is 19.1 Å². The number of carbonyl (C=O) groups is 3. The number of amides is 2. The summed E-state index contributed by atoms with van der Waals surface area (Å²) in [5.41, 5.74) is 0. The van der Waals surface area contributed by atoms with Gasteiger partial charge in [0.05, 0.1) is 12.6 Å². The molecule has 1 heterocycles. The second kappa shape index (κ2) is 6.49. The molecule has 102 valence electrons. The van der Waals surface area contributed by atoms with Gasteiger partial charge in [0.2, 0.25) is 11.8 Å². The maximum atomic E-state index is 11.9. The lowest BCUT2D eigenvalue weighted by Gasteiger charge is -2.30. The molecule has 0 aromatic rings. The molecule has 6 heteroatoms. The minimum Gasteiger partial charge on any atom is -0.465 e. The molecule has 0 aromatic carbocycles. The summed E-state index contributed by atoms with van der Waals surface area (Å²) in [7, 11) is 1.46. The molecule has 0 bridgehead atoms. The molecule has 1 rings (SSSR count). The number of nitrogens with one attached hydrogen (secondary N) is 1. The van der Waals surface area contributed by atoms with Crippen LogP contribution in [0.2, 0.25) is 0 Å². The number of nitrogens with zero attached hydrogens (tertiary/aromatic N) is 1. The van der Waals surface area contributed by atoms with Crippen LogP contribution in [-0.4, -0.2) is 48.4 Å². The van der Waals surface area contributed by atoms with E-state index in [4.69, 9.17) is 4.74 Å². The summed E-state index contributed by atoms with van der Waals surface area (Å²) in [5, 5.41) is 2.97. The topological polar surface area (TPSA) is 75.7 Å². The van der Waals surface area contributed by atoms with Crippen LogP contribution in [-0.2, 0) is 19.1 Å². The van der Waals surface area contributed by atoms with Gasteiger partial charge in [-0.1, -0.05) is 6.92 Å². The molecule has 0 aromatic heterocycles. The highest BCUT2D eigenvalue weighted by Gasteiger charge is 2.34. The van der Waals surface area contributed by atoms with Crippen molar-refractivity contribution in [1.29, 1.82) is 0 Å². The zero-order valence-electron chi connectivity index (χ0n) is 11.1. The molecule has 1 aliphatic rings. The molecule has 1 saturated heterocycles. The van der Waals surface area contributed by atoms with Crippen LogP contribution in [0.4, 0.5) is 0 Å². The first-order chi connectivity index (χ1) is 8.51. The minimum atomic E-state index is -0.500. The monoisotopic (exact) mass is 256 g/mol. The van der Waals surface area contributed by atoms with E-state index < -0.39 is 12.1 Å². The van der Waals surface area contributed by atoms with Gasteiger partial charge in [0.1, 0.15) is 6.04 Å². The van der Waals surface area contributed by atoms with Crippen molar-refractivity contribution in [2.75, 3.05) is 13.7 Å². The molecule has 1 fully saturated rings. The average Bonchev–Trinajstić information content (AvgIpc) is 2.35. The van der Waals surface area contributed by atoms with Gasteiger partial charge < -0.3 is 4.74 Å². The van der Waals surface area contributed by atoms with E-state index in [0.29, 0.717) is 25.9 Å². The molecule has 0 saturated carbocycles. The Morgan fingerprint density at radius 3 is 2.72 bits per heavy atom. The molecule has 0 spiro atoms. The van der Waals surface area contributed by atoms with E-state index in [1.165, 1.54) is 7.05 Å². The Balaban J connectivity index is 2.62. The molecule has 2 atom stereocenters. The summed E-state index contributed by atoms with van der Waals surface area (Å²) in [6, 6.07) is -0.984. The number of piperidine rings is 1. The van der Waals surface area contributed by atoms with Gasteiger partial charge in [0.25, 0.3) is 0 Å². The van der Waals surface area contributed by atoms with Crippen molar-refractivity contribution in [3.63, 3.8) is 0 Å². The normalized spacial score (nSPS) is 21.9. The Kier molecular flexibility index (Phi) is 5.27. The fourth-order valence-corrected chi connectivity index (χ4v) is 1.91. The number of carbonyl (C=O) groups excluding carboxylic acids is 3. The highest BCUT2D eigenvalue weighted by atomic mass is 16.5. The number of likely N-dealkylation sites (N-methyl/N-ethyl adjacent to an activating group) is 1. The maximum Gasteiger partial charge on any atom is 0.323 e. The molecule has 2 unspecified atom stereocenters. The summed E-state index contributed by atoms with van der Waals surface area (Å²) in [4.78, 5) is 35.9. The summed E-state index contributed by atoms with van der Waals surface area (Å²) in [6.45, 7) is 3.90. The van der Waals surface area contributed by atoms with Gasteiger partial charge in [-0.05, 0) is 19.8 Å². The molecule has 2 amide bonds. The highest BCUT2D eigenvalue weighted by molar-refractivity contribution is 6.00. The number of ether oxygens (including phenoxy) is 1. The smallest absolute Gasteiger partial charge is 0.323 e. The molecule has 18 heavy (non-hydrogen) atoms. The van der Waals surface area contributed by atoms with Crippen molar-refractivity contribution in [2.24, 2.45) is 0 Å². The van der Waals surface area contributed by atoms with E-state index in [9.17, 15) is 14.4 Å². The lowest BCUT2D eigenvalue weighted by atomic mass is 10.0. The van der Waals surface area contributed by atoms with Crippen LogP contribution < -0.4 is 5.32 Å². The number of imide groups is 1. The maximum absolute atomic E-state index is 11.9.